The molecule has 1 atom stereocenters. The number of alkyl halides is 3. The van der Waals surface area contributed by atoms with Gasteiger partial charge in [0.1, 0.15) is 0 Å². The van der Waals surface area contributed by atoms with Gasteiger partial charge in [0.05, 0.1) is 23.6 Å². The second-order valence-corrected chi connectivity index (χ2v) is 5.13. The number of halogens is 3. The molecule has 6 heteroatoms. The van der Waals surface area contributed by atoms with Crippen LogP contribution in [0.15, 0.2) is 12.1 Å². The number of methoxy groups -OCH3 is 1. The highest BCUT2D eigenvalue weighted by atomic mass is 19.4. The average molecular weight is 290 g/mol. The topological polar surface area (TPSA) is 34.1 Å². The molecule has 1 heterocycles. The summed E-state index contributed by atoms with van der Waals surface area (Å²) >= 11 is 0. The average Bonchev–Trinajstić information content (AvgIpc) is 2.35. The summed E-state index contributed by atoms with van der Waals surface area (Å²) in [6, 6.07) is 2.65. The molecule has 1 aromatic rings. The summed E-state index contributed by atoms with van der Waals surface area (Å²) in [4.78, 5) is 4.15. The third-order valence-corrected chi connectivity index (χ3v) is 2.88. The van der Waals surface area contributed by atoms with Gasteiger partial charge in [-0.2, -0.15) is 13.2 Å². The number of hydrogen-bond donors (Lipinski definition) is 1. The minimum absolute atomic E-state index is 0.0937. The van der Waals surface area contributed by atoms with Crippen LogP contribution in [0.3, 0.4) is 0 Å². The van der Waals surface area contributed by atoms with Gasteiger partial charge in [0.2, 0.25) is 0 Å². The zero-order valence-electron chi connectivity index (χ0n) is 12.2. The van der Waals surface area contributed by atoms with Crippen molar-refractivity contribution in [1.82, 2.24) is 10.3 Å². The summed E-state index contributed by atoms with van der Waals surface area (Å²) in [5, 5.41) is 3.16. The minimum atomic E-state index is -4.36. The van der Waals surface area contributed by atoms with Gasteiger partial charge >= 0.3 is 6.18 Å². The molecule has 1 rings (SSSR count). The normalized spacial score (nSPS) is 13.8. The monoisotopic (exact) mass is 290 g/mol. The lowest BCUT2D eigenvalue weighted by Gasteiger charge is -2.17. The lowest BCUT2D eigenvalue weighted by atomic mass is 10.0. The summed E-state index contributed by atoms with van der Waals surface area (Å²) in [6.07, 6.45) is -4.36. The highest BCUT2D eigenvalue weighted by Gasteiger charge is 2.34. The van der Waals surface area contributed by atoms with Crippen LogP contribution >= 0.6 is 0 Å². The highest BCUT2D eigenvalue weighted by Crippen LogP contribution is 2.34. The Hall–Kier alpha value is -1.14. The van der Waals surface area contributed by atoms with Crippen LogP contribution in [0.5, 0.6) is 0 Å². The lowest BCUT2D eigenvalue weighted by Crippen LogP contribution is -2.30. The molecule has 20 heavy (non-hydrogen) atoms. The van der Waals surface area contributed by atoms with Crippen molar-refractivity contribution < 1.29 is 17.9 Å². The van der Waals surface area contributed by atoms with E-state index in [9.17, 15) is 13.2 Å². The van der Waals surface area contributed by atoms with Gasteiger partial charge in [-0.05, 0) is 25.0 Å². The van der Waals surface area contributed by atoms with Gasteiger partial charge in [0.25, 0.3) is 0 Å². The van der Waals surface area contributed by atoms with E-state index in [1.807, 2.05) is 6.92 Å². The number of hydrogen-bond acceptors (Lipinski definition) is 3. The van der Waals surface area contributed by atoms with E-state index in [0.29, 0.717) is 18.8 Å². The first-order valence-corrected chi connectivity index (χ1v) is 6.55. The molecule has 1 aromatic heterocycles. The van der Waals surface area contributed by atoms with Crippen LogP contribution in [-0.4, -0.2) is 24.7 Å². The Morgan fingerprint density at radius 2 is 1.90 bits per heavy atom. The van der Waals surface area contributed by atoms with Gasteiger partial charge in [-0.3, -0.25) is 4.98 Å². The van der Waals surface area contributed by atoms with Crippen LogP contribution in [0.2, 0.25) is 0 Å². The van der Waals surface area contributed by atoms with E-state index in [1.165, 1.54) is 6.07 Å². The molecular weight excluding hydrogens is 269 g/mol. The Bertz CT molecular complexity index is 433. The quantitative estimate of drug-likeness (QED) is 0.872. The van der Waals surface area contributed by atoms with Crippen molar-refractivity contribution in [3.63, 3.8) is 0 Å². The van der Waals surface area contributed by atoms with Crippen LogP contribution in [0.4, 0.5) is 13.2 Å². The Morgan fingerprint density at radius 3 is 2.40 bits per heavy atom. The number of rotatable bonds is 6. The fourth-order valence-corrected chi connectivity index (χ4v) is 1.88. The smallest absolute Gasteiger partial charge is 0.383 e. The molecule has 0 aromatic carbocycles. The van der Waals surface area contributed by atoms with Crippen molar-refractivity contribution in [2.45, 2.75) is 45.5 Å². The summed E-state index contributed by atoms with van der Waals surface area (Å²) in [5.74, 6) is -0.275. The molecule has 0 amide bonds. The number of nitrogens with one attached hydrogen (secondary N) is 1. The number of pyridine rings is 1. The summed E-state index contributed by atoms with van der Waals surface area (Å²) < 4.78 is 43.6. The van der Waals surface area contributed by atoms with Gasteiger partial charge in [0, 0.05) is 19.7 Å². The van der Waals surface area contributed by atoms with Crippen molar-refractivity contribution in [2.75, 3.05) is 13.7 Å². The van der Waals surface area contributed by atoms with Crippen LogP contribution in [0.25, 0.3) is 0 Å². The van der Waals surface area contributed by atoms with Crippen LogP contribution in [0, 0.1) is 0 Å². The molecule has 0 spiro atoms. The van der Waals surface area contributed by atoms with Gasteiger partial charge in [-0.25, -0.2) is 0 Å². The maximum absolute atomic E-state index is 12.9. The fourth-order valence-electron chi connectivity index (χ4n) is 1.88. The van der Waals surface area contributed by atoms with Crippen molar-refractivity contribution in [1.29, 1.82) is 0 Å². The van der Waals surface area contributed by atoms with Crippen molar-refractivity contribution in [2.24, 2.45) is 0 Å². The van der Waals surface area contributed by atoms with E-state index in [2.05, 4.69) is 10.3 Å². The number of nitrogens with zero attached hydrogens (tertiary/aromatic N) is 1. The molecule has 0 aliphatic carbocycles. The maximum atomic E-state index is 12.9. The Labute approximate surface area is 117 Å². The Balaban J connectivity index is 2.88. The minimum Gasteiger partial charge on any atom is -0.383 e. The third kappa shape index (κ3) is 4.76. The predicted molar refractivity (Wildman–Crippen MR) is 71.5 cm³/mol. The van der Waals surface area contributed by atoms with Crippen LogP contribution in [-0.2, 0) is 17.5 Å². The molecule has 3 nitrogen and oxygen atoms in total. The molecule has 0 bridgehead atoms. The summed E-state index contributed by atoms with van der Waals surface area (Å²) in [6.45, 7) is 6.32. The van der Waals surface area contributed by atoms with E-state index >= 15 is 0 Å². The van der Waals surface area contributed by atoms with Gasteiger partial charge < -0.3 is 10.1 Å². The van der Waals surface area contributed by atoms with Gasteiger partial charge in [-0.15, -0.1) is 0 Å². The molecule has 114 valence electrons. The van der Waals surface area contributed by atoms with Crippen molar-refractivity contribution >= 4 is 0 Å². The van der Waals surface area contributed by atoms with E-state index < -0.39 is 11.7 Å². The predicted octanol–water partition coefficient (Wildman–Crippen LogP) is 3.35. The highest BCUT2D eigenvalue weighted by molar-refractivity contribution is 5.28. The summed E-state index contributed by atoms with van der Waals surface area (Å²) in [7, 11) is 1.60. The van der Waals surface area contributed by atoms with Crippen LogP contribution < -0.4 is 5.32 Å². The maximum Gasteiger partial charge on any atom is 0.418 e. The van der Waals surface area contributed by atoms with E-state index in [4.69, 9.17) is 4.74 Å². The molecule has 0 saturated carbocycles. The molecule has 1 N–H and O–H groups in total. The largest absolute Gasteiger partial charge is 0.418 e. The third-order valence-electron chi connectivity index (χ3n) is 2.88. The fraction of sp³-hybridized carbons (Fsp3) is 0.643. The molecule has 0 saturated heterocycles. The summed E-state index contributed by atoms with van der Waals surface area (Å²) in [5.41, 5.74) is 0.0436. The first kappa shape index (κ1) is 16.9. The Morgan fingerprint density at radius 1 is 1.25 bits per heavy atom. The molecule has 0 fully saturated rings. The van der Waals surface area contributed by atoms with E-state index in [-0.39, 0.29) is 17.7 Å². The Kier molecular flexibility index (Phi) is 5.95. The molecular formula is C14H21F3N2O. The first-order valence-electron chi connectivity index (χ1n) is 6.55. The standard InChI is InChI=1S/C14H21F3N2O/c1-9(2)13-12(14(15,16)17)6-5-11(19-13)7-18-10(3)8-20-4/h5-6,9-10,18H,7-8H2,1-4H3. The van der Waals surface area contributed by atoms with Crippen molar-refractivity contribution in [3.05, 3.63) is 29.1 Å². The van der Waals surface area contributed by atoms with E-state index in [0.717, 1.165) is 6.07 Å². The zero-order chi connectivity index (χ0) is 15.3. The zero-order valence-corrected chi connectivity index (χ0v) is 12.2. The number of ether oxygens (including phenoxy) is 1. The first-order chi connectivity index (χ1) is 9.25. The molecule has 0 aliphatic heterocycles. The van der Waals surface area contributed by atoms with Crippen LogP contribution in [0.1, 0.15) is 43.6 Å². The lowest BCUT2D eigenvalue weighted by molar-refractivity contribution is -0.138. The van der Waals surface area contributed by atoms with E-state index in [1.54, 1.807) is 21.0 Å². The van der Waals surface area contributed by atoms with Crippen molar-refractivity contribution in [3.8, 4) is 0 Å². The second-order valence-electron chi connectivity index (χ2n) is 5.13. The van der Waals surface area contributed by atoms with Gasteiger partial charge in [0.15, 0.2) is 0 Å². The number of aromatic nitrogens is 1. The molecule has 1 unspecified atom stereocenters. The van der Waals surface area contributed by atoms with Gasteiger partial charge in [-0.1, -0.05) is 13.8 Å². The second kappa shape index (κ2) is 7.04. The molecule has 0 radical (unpaired) electrons. The SMILES string of the molecule is COCC(C)NCc1ccc(C(F)(F)F)c(C(C)C)n1. The molecule has 0 aliphatic rings.